The summed E-state index contributed by atoms with van der Waals surface area (Å²) in [4.78, 5) is 2.70. The molecule has 1 aromatic carbocycles. The van der Waals surface area contributed by atoms with Crippen molar-refractivity contribution in [2.24, 2.45) is 5.92 Å². The van der Waals surface area contributed by atoms with E-state index in [0.717, 1.165) is 32.2 Å². The molecule has 2 aromatic rings. The molecule has 2 saturated heterocycles. The Hall–Kier alpha value is -1.10. The molecule has 0 bridgehead atoms. The molecule has 0 unspecified atom stereocenters. The lowest BCUT2D eigenvalue weighted by Crippen LogP contribution is -2.45. The number of hydrogen-bond donors (Lipinski definition) is 1. The summed E-state index contributed by atoms with van der Waals surface area (Å²) in [5.74, 6) is 0.775. The van der Waals surface area contributed by atoms with E-state index >= 15 is 0 Å². The first-order chi connectivity index (χ1) is 11.4. The topological polar surface area (TPSA) is 24.5 Å². The first kappa shape index (κ1) is 15.4. The van der Waals surface area contributed by atoms with Crippen molar-refractivity contribution in [3.63, 3.8) is 0 Å². The number of piperidine rings is 1. The highest BCUT2D eigenvalue weighted by atomic mass is 32.1. The number of thiophene rings is 1. The summed E-state index contributed by atoms with van der Waals surface area (Å²) in [6.45, 7) is 5.36. The lowest BCUT2D eigenvalue weighted by molar-refractivity contribution is 0.0675. The first-order valence-corrected chi connectivity index (χ1v) is 9.80. The van der Waals surface area contributed by atoms with Gasteiger partial charge in [-0.1, -0.05) is 0 Å². The summed E-state index contributed by atoms with van der Waals surface area (Å²) in [5, 5.41) is 7.09. The Balaban J connectivity index is 1.59. The van der Waals surface area contributed by atoms with E-state index in [2.05, 4.69) is 39.9 Å². The number of nitrogens with zero attached hydrogens (tertiary/aromatic N) is 1. The van der Waals surface area contributed by atoms with Crippen LogP contribution >= 0.6 is 11.3 Å². The largest absolute Gasteiger partial charge is 0.381 e. The Morgan fingerprint density at radius 3 is 2.74 bits per heavy atom. The van der Waals surface area contributed by atoms with E-state index < -0.39 is 0 Å². The van der Waals surface area contributed by atoms with Gasteiger partial charge in [-0.3, -0.25) is 0 Å². The highest BCUT2D eigenvalue weighted by Crippen LogP contribution is 2.30. The molecule has 0 saturated carbocycles. The molecule has 2 aliphatic heterocycles. The molecule has 3 nitrogen and oxygen atoms in total. The number of fused-ring (bicyclic) bond motifs is 1. The molecule has 4 rings (SSSR count). The van der Waals surface area contributed by atoms with E-state index in [-0.39, 0.29) is 0 Å². The van der Waals surface area contributed by atoms with Gasteiger partial charge in [0, 0.05) is 36.2 Å². The Morgan fingerprint density at radius 2 is 1.91 bits per heavy atom. The van der Waals surface area contributed by atoms with Crippen LogP contribution < -0.4 is 10.2 Å². The minimum atomic E-state index is 0.676. The normalized spacial score (nSPS) is 20.9. The monoisotopic (exact) mass is 330 g/mol. The molecule has 3 heterocycles. The van der Waals surface area contributed by atoms with Gasteiger partial charge in [0.05, 0.1) is 0 Å². The van der Waals surface area contributed by atoms with Crippen LogP contribution in [0.1, 0.15) is 25.7 Å². The quantitative estimate of drug-likeness (QED) is 0.920. The number of ether oxygens (including phenoxy) is 1. The van der Waals surface area contributed by atoms with Crippen LogP contribution in [0.4, 0.5) is 5.69 Å². The smallest absolute Gasteiger partial charge is 0.0469 e. The summed E-state index contributed by atoms with van der Waals surface area (Å²) in [5.41, 5.74) is 1.41. The van der Waals surface area contributed by atoms with Gasteiger partial charge in [-0.05, 0) is 79.7 Å². The van der Waals surface area contributed by atoms with Crippen LogP contribution in [0, 0.1) is 5.92 Å². The summed E-state index contributed by atoms with van der Waals surface area (Å²) >= 11 is 1.83. The third-order valence-corrected chi connectivity index (χ3v) is 6.21. The average molecular weight is 330 g/mol. The van der Waals surface area contributed by atoms with Crippen molar-refractivity contribution in [3.05, 3.63) is 29.6 Å². The Bertz CT molecular complexity index is 629. The molecular formula is C19H26N2OS. The predicted octanol–water partition coefficient (Wildman–Crippen LogP) is 3.89. The number of nitrogens with one attached hydrogen (secondary N) is 1. The van der Waals surface area contributed by atoms with Gasteiger partial charge < -0.3 is 15.0 Å². The van der Waals surface area contributed by atoms with Gasteiger partial charge in [-0.2, -0.15) is 0 Å². The van der Waals surface area contributed by atoms with Crippen molar-refractivity contribution >= 4 is 27.1 Å². The number of hydrogen-bond acceptors (Lipinski definition) is 4. The van der Waals surface area contributed by atoms with Crippen LogP contribution in [0.25, 0.3) is 10.1 Å². The molecular weight excluding hydrogens is 304 g/mol. The van der Waals surface area contributed by atoms with Gasteiger partial charge in [0.1, 0.15) is 0 Å². The van der Waals surface area contributed by atoms with E-state index in [1.807, 2.05) is 11.3 Å². The lowest BCUT2D eigenvalue weighted by Gasteiger charge is -2.39. The fourth-order valence-corrected chi connectivity index (χ4v) is 4.69. The van der Waals surface area contributed by atoms with Gasteiger partial charge in [-0.25, -0.2) is 0 Å². The molecule has 0 spiro atoms. The van der Waals surface area contributed by atoms with Crippen molar-refractivity contribution in [3.8, 4) is 0 Å². The molecule has 124 valence electrons. The number of anilines is 1. The molecule has 0 radical (unpaired) electrons. The van der Waals surface area contributed by atoms with E-state index in [4.69, 9.17) is 4.74 Å². The van der Waals surface area contributed by atoms with Gasteiger partial charge in [0.2, 0.25) is 0 Å². The average Bonchev–Trinajstić information content (AvgIpc) is 3.09. The molecule has 1 N–H and O–H groups in total. The molecule has 0 amide bonds. The second-order valence-electron chi connectivity index (χ2n) is 6.83. The predicted molar refractivity (Wildman–Crippen MR) is 98.6 cm³/mol. The standard InChI is InChI=1S/C19H26N2OS/c1-2-19-16(7-12-23-19)13-18(1)21(17-3-8-20-9-4-17)14-15-5-10-22-11-6-15/h1-2,7,12-13,15,17,20H,3-6,8-11,14H2. The molecule has 0 aliphatic carbocycles. The minimum Gasteiger partial charge on any atom is -0.381 e. The molecule has 0 atom stereocenters. The zero-order chi connectivity index (χ0) is 15.5. The molecule has 4 heteroatoms. The summed E-state index contributed by atoms with van der Waals surface area (Å²) in [7, 11) is 0. The molecule has 2 aliphatic rings. The maximum atomic E-state index is 5.55. The van der Waals surface area contributed by atoms with Gasteiger partial charge in [-0.15, -0.1) is 11.3 Å². The highest BCUT2D eigenvalue weighted by Gasteiger charge is 2.25. The van der Waals surface area contributed by atoms with Gasteiger partial charge in [0.15, 0.2) is 0 Å². The number of rotatable bonds is 4. The summed E-state index contributed by atoms with van der Waals surface area (Å²) in [6.07, 6.45) is 4.93. The molecule has 1 aromatic heterocycles. The van der Waals surface area contributed by atoms with Gasteiger partial charge >= 0.3 is 0 Å². The van der Waals surface area contributed by atoms with Gasteiger partial charge in [0.25, 0.3) is 0 Å². The van der Waals surface area contributed by atoms with Crippen LogP contribution in [0.15, 0.2) is 29.6 Å². The Morgan fingerprint density at radius 1 is 1.09 bits per heavy atom. The zero-order valence-electron chi connectivity index (χ0n) is 13.7. The third-order valence-electron chi connectivity index (χ3n) is 5.31. The van der Waals surface area contributed by atoms with E-state index in [1.165, 1.54) is 48.0 Å². The molecule has 23 heavy (non-hydrogen) atoms. The zero-order valence-corrected chi connectivity index (χ0v) is 14.5. The minimum absolute atomic E-state index is 0.676. The SMILES string of the molecule is c1cc2cc(N(CC3CCOCC3)C3CCNCC3)ccc2s1. The maximum absolute atomic E-state index is 5.55. The molecule has 2 fully saturated rings. The van der Waals surface area contributed by atoms with E-state index in [0.29, 0.717) is 6.04 Å². The Labute approximate surface area is 142 Å². The van der Waals surface area contributed by atoms with E-state index in [9.17, 15) is 0 Å². The fourth-order valence-electron chi connectivity index (χ4n) is 3.92. The van der Waals surface area contributed by atoms with Crippen LogP contribution in [0.5, 0.6) is 0 Å². The van der Waals surface area contributed by atoms with Crippen LogP contribution in [0.2, 0.25) is 0 Å². The maximum Gasteiger partial charge on any atom is 0.0469 e. The van der Waals surface area contributed by atoms with Crippen molar-refractivity contribution in [1.82, 2.24) is 5.32 Å². The van der Waals surface area contributed by atoms with Crippen molar-refractivity contribution in [1.29, 1.82) is 0 Å². The van der Waals surface area contributed by atoms with E-state index in [1.54, 1.807) is 0 Å². The van der Waals surface area contributed by atoms with Crippen LogP contribution in [-0.4, -0.2) is 38.9 Å². The highest BCUT2D eigenvalue weighted by molar-refractivity contribution is 7.17. The Kier molecular flexibility index (Phi) is 4.83. The van der Waals surface area contributed by atoms with Crippen LogP contribution in [0.3, 0.4) is 0 Å². The van der Waals surface area contributed by atoms with Crippen LogP contribution in [-0.2, 0) is 4.74 Å². The second kappa shape index (κ2) is 7.20. The number of benzene rings is 1. The van der Waals surface area contributed by atoms with Crippen molar-refractivity contribution < 1.29 is 4.74 Å². The van der Waals surface area contributed by atoms with Crippen molar-refractivity contribution in [2.45, 2.75) is 31.7 Å². The second-order valence-corrected chi connectivity index (χ2v) is 7.78. The summed E-state index contributed by atoms with van der Waals surface area (Å²) < 4.78 is 6.95. The van der Waals surface area contributed by atoms with Crippen molar-refractivity contribution in [2.75, 3.05) is 37.7 Å². The fraction of sp³-hybridized carbons (Fsp3) is 0.579. The third kappa shape index (κ3) is 3.54. The summed E-state index contributed by atoms with van der Waals surface area (Å²) in [6, 6.07) is 9.95. The lowest BCUT2D eigenvalue weighted by atomic mass is 9.96. The first-order valence-electron chi connectivity index (χ1n) is 8.92.